The van der Waals surface area contributed by atoms with Crippen molar-refractivity contribution < 1.29 is 0 Å². The number of anilines is 1. The van der Waals surface area contributed by atoms with Gasteiger partial charge in [0.2, 0.25) is 0 Å². The number of hydrogen-bond acceptors (Lipinski definition) is 2. The number of halogens is 1. The Labute approximate surface area is 161 Å². The molecule has 2 heterocycles. The molecule has 0 saturated carbocycles. The maximum atomic E-state index is 6.26. The zero-order valence-electron chi connectivity index (χ0n) is 16.7. The highest BCUT2D eigenvalue weighted by molar-refractivity contribution is 6.30. The molecule has 0 aliphatic heterocycles. The number of nitrogens with zero attached hydrogens (tertiary/aromatic N) is 3. The molecule has 0 aliphatic rings. The Balaban J connectivity index is 2.33. The lowest BCUT2D eigenvalue weighted by Gasteiger charge is -2.24. The van der Waals surface area contributed by atoms with Gasteiger partial charge in [0.15, 0.2) is 0 Å². The number of hydrogen-bond donors (Lipinski definition) is 0. The Kier molecular flexibility index (Phi) is 5.29. The fourth-order valence-corrected chi connectivity index (χ4v) is 4.25. The van der Waals surface area contributed by atoms with Gasteiger partial charge in [-0.2, -0.15) is 0 Å². The summed E-state index contributed by atoms with van der Waals surface area (Å²) in [6, 6.07) is 6.27. The topological polar surface area (TPSA) is 20.5 Å². The second kappa shape index (κ2) is 7.32. The minimum absolute atomic E-state index is 0.787. The molecule has 0 saturated heterocycles. The Hall–Kier alpha value is -2.00. The van der Waals surface area contributed by atoms with Crippen molar-refractivity contribution in [1.82, 2.24) is 9.38 Å². The molecule has 0 N–H and O–H groups in total. The van der Waals surface area contributed by atoms with E-state index < -0.39 is 0 Å². The highest BCUT2D eigenvalue weighted by Crippen LogP contribution is 2.37. The van der Waals surface area contributed by atoms with Crippen molar-refractivity contribution in [3.63, 3.8) is 0 Å². The highest BCUT2D eigenvalue weighted by Gasteiger charge is 2.19. The third kappa shape index (κ3) is 3.21. The first-order chi connectivity index (χ1) is 12.4. The number of rotatable bonds is 5. The molecule has 0 radical (unpaired) electrons. The molecule has 0 unspecified atom stereocenters. The van der Waals surface area contributed by atoms with E-state index in [9.17, 15) is 0 Å². The first kappa shape index (κ1) is 18.8. The molecule has 4 heteroatoms. The second-order valence-corrected chi connectivity index (χ2v) is 7.57. The van der Waals surface area contributed by atoms with Crippen LogP contribution in [0.4, 0.5) is 5.82 Å². The van der Waals surface area contributed by atoms with Crippen molar-refractivity contribution in [3.05, 3.63) is 51.8 Å². The van der Waals surface area contributed by atoms with E-state index >= 15 is 0 Å². The molecule has 26 heavy (non-hydrogen) atoms. The molecule has 1 aromatic carbocycles. The van der Waals surface area contributed by atoms with Gasteiger partial charge in [0, 0.05) is 41.6 Å². The smallest absolute Gasteiger partial charge is 0.146 e. The average Bonchev–Trinajstić information content (AvgIpc) is 2.88. The van der Waals surface area contributed by atoms with Gasteiger partial charge >= 0.3 is 0 Å². The van der Waals surface area contributed by atoms with E-state index in [1.807, 2.05) is 12.1 Å². The van der Waals surface area contributed by atoms with Crippen LogP contribution in [0, 0.1) is 27.7 Å². The Bertz CT molecular complexity index is 933. The van der Waals surface area contributed by atoms with E-state index in [1.54, 1.807) is 0 Å². The van der Waals surface area contributed by atoms with Crippen LogP contribution in [0.25, 0.3) is 16.8 Å². The summed E-state index contributed by atoms with van der Waals surface area (Å²) in [7, 11) is 0. The molecular weight excluding hydrogens is 342 g/mol. The van der Waals surface area contributed by atoms with Crippen molar-refractivity contribution in [1.29, 1.82) is 0 Å². The van der Waals surface area contributed by atoms with Crippen LogP contribution in [0.2, 0.25) is 5.02 Å². The van der Waals surface area contributed by atoms with Crippen molar-refractivity contribution in [2.24, 2.45) is 0 Å². The minimum atomic E-state index is 0.787. The monoisotopic (exact) mass is 369 g/mol. The fourth-order valence-electron chi connectivity index (χ4n) is 3.92. The largest absolute Gasteiger partial charge is 0.358 e. The molecule has 0 bridgehead atoms. The zero-order valence-corrected chi connectivity index (χ0v) is 17.4. The van der Waals surface area contributed by atoms with Gasteiger partial charge in [-0.05, 0) is 75.4 Å². The van der Waals surface area contributed by atoms with E-state index in [1.165, 1.54) is 33.6 Å². The summed E-state index contributed by atoms with van der Waals surface area (Å²) in [6.07, 6.45) is 3.34. The van der Waals surface area contributed by atoms with Gasteiger partial charge in [-0.1, -0.05) is 18.5 Å². The quantitative estimate of drug-likeness (QED) is 0.539. The van der Waals surface area contributed by atoms with E-state index in [0.29, 0.717) is 0 Å². The third-order valence-corrected chi connectivity index (χ3v) is 5.20. The van der Waals surface area contributed by atoms with E-state index in [0.717, 1.165) is 35.9 Å². The van der Waals surface area contributed by atoms with Crippen molar-refractivity contribution in [2.45, 2.75) is 48.0 Å². The molecule has 0 spiro atoms. The normalized spacial score (nSPS) is 11.3. The summed E-state index contributed by atoms with van der Waals surface area (Å²) in [5.41, 5.74) is 8.16. The summed E-state index contributed by atoms with van der Waals surface area (Å²) < 4.78 is 2.25. The number of aromatic nitrogens is 2. The molecule has 0 aliphatic carbocycles. The molecule has 0 atom stereocenters. The lowest BCUT2D eigenvalue weighted by atomic mass is 9.95. The van der Waals surface area contributed by atoms with Gasteiger partial charge < -0.3 is 4.90 Å². The van der Waals surface area contributed by atoms with Crippen molar-refractivity contribution in [3.8, 4) is 11.1 Å². The van der Waals surface area contributed by atoms with Gasteiger partial charge in [0.1, 0.15) is 11.5 Å². The van der Waals surface area contributed by atoms with Crippen LogP contribution < -0.4 is 4.90 Å². The van der Waals surface area contributed by atoms with Gasteiger partial charge in [-0.3, -0.25) is 4.40 Å². The molecule has 2 aromatic heterocycles. The number of benzene rings is 1. The Morgan fingerprint density at radius 2 is 1.62 bits per heavy atom. The summed E-state index contributed by atoms with van der Waals surface area (Å²) in [6.45, 7) is 15.0. The highest BCUT2D eigenvalue weighted by atomic mass is 35.5. The molecule has 0 fully saturated rings. The van der Waals surface area contributed by atoms with Gasteiger partial charge in [0.25, 0.3) is 0 Å². The molecule has 3 nitrogen and oxygen atoms in total. The van der Waals surface area contributed by atoms with Gasteiger partial charge in [-0.25, -0.2) is 4.98 Å². The first-order valence-electron chi connectivity index (χ1n) is 9.38. The predicted molar refractivity (Wildman–Crippen MR) is 113 cm³/mol. The van der Waals surface area contributed by atoms with E-state index in [-0.39, 0.29) is 0 Å². The molecule has 138 valence electrons. The summed E-state index contributed by atoms with van der Waals surface area (Å²) in [5, 5.41) is 0.787. The zero-order chi connectivity index (χ0) is 19.0. The van der Waals surface area contributed by atoms with Crippen LogP contribution in [0.5, 0.6) is 0 Å². The van der Waals surface area contributed by atoms with Crippen molar-refractivity contribution in [2.75, 3.05) is 18.0 Å². The van der Waals surface area contributed by atoms with Crippen LogP contribution >= 0.6 is 11.6 Å². The third-order valence-electron chi connectivity index (χ3n) is 4.98. The minimum Gasteiger partial charge on any atom is -0.358 e. The number of aryl methyl sites for hydroxylation is 4. The van der Waals surface area contributed by atoms with Gasteiger partial charge in [0.05, 0.1) is 0 Å². The molecule has 3 rings (SSSR count). The van der Waals surface area contributed by atoms with Crippen LogP contribution in [-0.4, -0.2) is 22.5 Å². The Morgan fingerprint density at radius 1 is 0.962 bits per heavy atom. The number of fused-ring (bicyclic) bond motifs is 1. The molecule has 3 aromatic rings. The van der Waals surface area contributed by atoms with Crippen molar-refractivity contribution >= 4 is 23.1 Å². The SMILES string of the molecule is CCCN(CC)c1cc(C)nc2c(-c3c(C)cc(Cl)cc3C)c(C)cn12. The first-order valence-corrected chi connectivity index (χ1v) is 9.76. The maximum absolute atomic E-state index is 6.26. The van der Waals surface area contributed by atoms with Crippen LogP contribution in [0.15, 0.2) is 24.4 Å². The lowest BCUT2D eigenvalue weighted by Crippen LogP contribution is -2.25. The molecule has 0 amide bonds. The summed E-state index contributed by atoms with van der Waals surface area (Å²) in [5.74, 6) is 1.22. The summed E-state index contributed by atoms with van der Waals surface area (Å²) in [4.78, 5) is 7.34. The maximum Gasteiger partial charge on any atom is 0.146 e. The van der Waals surface area contributed by atoms with E-state index in [4.69, 9.17) is 16.6 Å². The lowest BCUT2D eigenvalue weighted by molar-refractivity contribution is 0.769. The standard InChI is InChI=1S/C22H28ClN3/c1-7-9-25(8-2)19-12-17(6)24-22-21(16(5)13-26(19)22)20-14(3)10-18(23)11-15(20)4/h10-13H,7-9H2,1-6H3. The second-order valence-electron chi connectivity index (χ2n) is 7.13. The average molecular weight is 370 g/mol. The van der Waals surface area contributed by atoms with Crippen LogP contribution in [0.3, 0.4) is 0 Å². The Morgan fingerprint density at radius 3 is 2.19 bits per heavy atom. The van der Waals surface area contributed by atoms with Crippen LogP contribution in [0.1, 0.15) is 42.7 Å². The van der Waals surface area contributed by atoms with Crippen LogP contribution in [-0.2, 0) is 0 Å². The fraction of sp³-hybridized carbons (Fsp3) is 0.409. The van der Waals surface area contributed by atoms with Gasteiger partial charge in [-0.15, -0.1) is 0 Å². The summed E-state index contributed by atoms with van der Waals surface area (Å²) >= 11 is 6.26. The predicted octanol–water partition coefficient (Wildman–Crippen LogP) is 6.12. The van der Waals surface area contributed by atoms with E-state index in [2.05, 4.69) is 63.1 Å². The molecular formula is C22H28ClN3.